The van der Waals surface area contributed by atoms with Crippen molar-refractivity contribution in [2.45, 2.75) is 31.7 Å². The third-order valence-electron chi connectivity index (χ3n) is 2.56. The van der Waals surface area contributed by atoms with Gasteiger partial charge in [0.25, 0.3) is 0 Å². The fourth-order valence-electron chi connectivity index (χ4n) is 1.84. The van der Waals surface area contributed by atoms with E-state index in [2.05, 4.69) is 5.10 Å². The summed E-state index contributed by atoms with van der Waals surface area (Å²) < 4.78 is 14.7. The Kier molecular flexibility index (Phi) is 2.12. The summed E-state index contributed by atoms with van der Waals surface area (Å²) in [7, 11) is 0. The zero-order valence-electron chi connectivity index (χ0n) is 7.24. The number of aromatic nitrogens is 2. The van der Waals surface area contributed by atoms with Gasteiger partial charge >= 0.3 is 0 Å². The Morgan fingerprint density at radius 3 is 2.77 bits per heavy atom. The number of rotatable bonds is 2. The van der Waals surface area contributed by atoms with E-state index in [1.54, 1.807) is 0 Å². The Bertz CT molecular complexity index is 315. The van der Waals surface area contributed by atoms with E-state index in [4.69, 9.17) is 0 Å². The molecule has 0 N–H and O–H groups in total. The maximum atomic E-state index is 13.4. The quantitative estimate of drug-likeness (QED) is 0.655. The first-order valence-electron chi connectivity index (χ1n) is 4.51. The van der Waals surface area contributed by atoms with Gasteiger partial charge in [0.05, 0.1) is 17.8 Å². The second-order valence-electron chi connectivity index (χ2n) is 3.39. The second-order valence-corrected chi connectivity index (χ2v) is 3.39. The molecule has 0 aromatic carbocycles. The molecule has 13 heavy (non-hydrogen) atoms. The molecule has 0 radical (unpaired) electrons. The molecule has 0 spiro atoms. The molecule has 0 aliphatic heterocycles. The molecule has 0 amide bonds. The van der Waals surface area contributed by atoms with Gasteiger partial charge in [-0.2, -0.15) is 9.49 Å². The van der Waals surface area contributed by atoms with Crippen molar-refractivity contribution in [3.8, 4) is 0 Å². The molecule has 0 atom stereocenters. The summed E-state index contributed by atoms with van der Waals surface area (Å²) in [5, 5.41) is 3.88. The monoisotopic (exact) mass is 182 g/mol. The molecule has 2 rings (SSSR count). The van der Waals surface area contributed by atoms with Crippen LogP contribution in [0.1, 0.15) is 42.1 Å². The van der Waals surface area contributed by atoms with E-state index < -0.39 is 5.95 Å². The van der Waals surface area contributed by atoms with E-state index in [1.165, 1.54) is 10.9 Å². The summed E-state index contributed by atoms with van der Waals surface area (Å²) in [6.07, 6.45) is 5.99. The third-order valence-corrected chi connectivity index (χ3v) is 2.56. The molecule has 70 valence electrons. The molecule has 1 saturated carbocycles. The van der Waals surface area contributed by atoms with Crippen molar-refractivity contribution in [2.24, 2.45) is 0 Å². The lowest BCUT2D eigenvalue weighted by atomic mass is 10.2. The van der Waals surface area contributed by atoms with Crippen LogP contribution in [-0.4, -0.2) is 16.1 Å². The van der Waals surface area contributed by atoms with Crippen molar-refractivity contribution in [3.05, 3.63) is 17.7 Å². The number of nitrogens with zero attached hydrogens (tertiary/aromatic N) is 2. The molecule has 1 heterocycles. The Morgan fingerprint density at radius 2 is 2.23 bits per heavy atom. The fraction of sp³-hybridized carbons (Fsp3) is 0.556. The molecule has 4 heteroatoms. The molecule has 1 fully saturated rings. The zero-order valence-corrected chi connectivity index (χ0v) is 7.24. The van der Waals surface area contributed by atoms with Crippen LogP contribution < -0.4 is 0 Å². The van der Waals surface area contributed by atoms with Crippen LogP contribution in [0.3, 0.4) is 0 Å². The molecule has 0 saturated heterocycles. The van der Waals surface area contributed by atoms with Gasteiger partial charge in [0.1, 0.15) is 0 Å². The van der Waals surface area contributed by atoms with E-state index in [0.717, 1.165) is 25.7 Å². The average Bonchev–Trinajstić information content (AvgIpc) is 2.72. The first kappa shape index (κ1) is 8.41. The van der Waals surface area contributed by atoms with Crippen LogP contribution >= 0.6 is 0 Å². The van der Waals surface area contributed by atoms with Crippen LogP contribution in [0.4, 0.5) is 4.39 Å². The zero-order chi connectivity index (χ0) is 9.26. The Hall–Kier alpha value is -1.19. The Labute approximate surface area is 75.5 Å². The molecule has 1 aliphatic rings. The minimum absolute atomic E-state index is 0.0619. The minimum atomic E-state index is -0.484. The van der Waals surface area contributed by atoms with Crippen molar-refractivity contribution in [2.75, 3.05) is 0 Å². The first-order chi connectivity index (χ1) is 6.33. The normalized spacial score (nSPS) is 17.9. The highest BCUT2D eigenvalue weighted by molar-refractivity contribution is 5.73. The lowest BCUT2D eigenvalue weighted by Gasteiger charge is -2.09. The van der Waals surface area contributed by atoms with Crippen LogP contribution in [-0.2, 0) is 0 Å². The molecular weight excluding hydrogens is 171 g/mol. The molecular formula is C9H11FN2O. The van der Waals surface area contributed by atoms with Crippen LogP contribution in [0.2, 0.25) is 0 Å². The van der Waals surface area contributed by atoms with Crippen molar-refractivity contribution < 1.29 is 9.18 Å². The van der Waals surface area contributed by atoms with Crippen LogP contribution in [0, 0.1) is 5.95 Å². The van der Waals surface area contributed by atoms with Gasteiger partial charge in [0, 0.05) is 0 Å². The van der Waals surface area contributed by atoms with Gasteiger partial charge in [0.15, 0.2) is 6.29 Å². The third kappa shape index (κ3) is 1.36. The van der Waals surface area contributed by atoms with Crippen molar-refractivity contribution in [1.82, 2.24) is 9.78 Å². The number of hydrogen-bond acceptors (Lipinski definition) is 2. The maximum absolute atomic E-state index is 13.4. The van der Waals surface area contributed by atoms with Gasteiger partial charge in [0.2, 0.25) is 5.95 Å². The van der Waals surface area contributed by atoms with Gasteiger partial charge in [-0.25, -0.2) is 4.68 Å². The molecule has 0 unspecified atom stereocenters. The summed E-state index contributed by atoms with van der Waals surface area (Å²) in [5.74, 6) is -0.484. The number of aldehydes is 1. The van der Waals surface area contributed by atoms with Gasteiger partial charge < -0.3 is 0 Å². The van der Waals surface area contributed by atoms with E-state index in [-0.39, 0.29) is 11.6 Å². The highest BCUT2D eigenvalue weighted by atomic mass is 19.1. The van der Waals surface area contributed by atoms with Crippen molar-refractivity contribution in [3.63, 3.8) is 0 Å². The predicted molar refractivity (Wildman–Crippen MR) is 45.1 cm³/mol. The molecule has 1 aliphatic carbocycles. The maximum Gasteiger partial charge on any atom is 0.222 e. The smallest absolute Gasteiger partial charge is 0.222 e. The average molecular weight is 182 g/mol. The number of halogens is 1. The lowest BCUT2D eigenvalue weighted by Crippen LogP contribution is -2.09. The largest absolute Gasteiger partial charge is 0.298 e. The number of carbonyl (C=O) groups is 1. The van der Waals surface area contributed by atoms with Gasteiger partial charge in [-0.05, 0) is 12.8 Å². The summed E-state index contributed by atoms with van der Waals surface area (Å²) in [6.45, 7) is 0. The van der Waals surface area contributed by atoms with Gasteiger partial charge in [-0.3, -0.25) is 4.79 Å². The van der Waals surface area contributed by atoms with Crippen molar-refractivity contribution >= 4 is 6.29 Å². The van der Waals surface area contributed by atoms with E-state index >= 15 is 0 Å². The summed E-state index contributed by atoms with van der Waals surface area (Å²) in [5.41, 5.74) is 0.0619. The Balaban J connectivity index is 2.29. The van der Waals surface area contributed by atoms with Gasteiger partial charge in [-0.15, -0.1) is 0 Å². The summed E-state index contributed by atoms with van der Waals surface area (Å²) >= 11 is 0. The standard InChI is InChI=1S/C9H11FN2O/c10-9-7(6-13)5-11-12(9)8-3-1-2-4-8/h5-6,8H,1-4H2. The Morgan fingerprint density at radius 1 is 1.54 bits per heavy atom. The topological polar surface area (TPSA) is 34.9 Å². The highest BCUT2D eigenvalue weighted by Crippen LogP contribution is 2.29. The lowest BCUT2D eigenvalue weighted by molar-refractivity contribution is 0.111. The van der Waals surface area contributed by atoms with Crippen LogP contribution in [0.15, 0.2) is 6.20 Å². The molecule has 1 aromatic rings. The fourth-order valence-corrected chi connectivity index (χ4v) is 1.84. The first-order valence-corrected chi connectivity index (χ1v) is 4.51. The molecule has 3 nitrogen and oxygen atoms in total. The van der Waals surface area contributed by atoms with E-state index in [1.807, 2.05) is 0 Å². The predicted octanol–water partition coefficient (Wildman–Crippen LogP) is 1.95. The highest BCUT2D eigenvalue weighted by Gasteiger charge is 2.21. The minimum Gasteiger partial charge on any atom is -0.298 e. The number of hydrogen-bond donors (Lipinski definition) is 0. The number of carbonyl (C=O) groups excluding carboxylic acids is 1. The molecule has 1 aromatic heterocycles. The van der Waals surface area contributed by atoms with Gasteiger partial charge in [-0.1, -0.05) is 12.8 Å². The van der Waals surface area contributed by atoms with Crippen LogP contribution in [0.5, 0.6) is 0 Å². The molecule has 0 bridgehead atoms. The SMILES string of the molecule is O=Cc1cnn(C2CCCC2)c1F. The second kappa shape index (κ2) is 3.28. The van der Waals surface area contributed by atoms with Crippen LogP contribution in [0.25, 0.3) is 0 Å². The van der Waals surface area contributed by atoms with E-state index in [9.17, 15) is 9.18 Å². The van der Waals surface area contributed by atoms with Crippen molar-refractivity contribution in [1.29, 1.82) is 0 Å². The summed E-state index contributed by atoms with van der Waals surface area (Å²) in [6, 6.07) is 0.161. The summed E-state index contributed by atoms with van der Waals surface area (Å²) in [4.78, 5) is 10.4. The van der Waals surface area contributed by atoms with E-state index in [0.29, 0.717) is 6.29 Å².